The quantitative estimate of drug-likeness (QED) is 0.461. The van der Waals surface area contributed by atoms with Gasteiger partial charge >= 0.3 is 0 Å². The van der Waals surface area contributed by atoms with Crippen molar-refractivity contribution in [2.45, 2.75) is 33.6 Å². The zero-order valence-corrected chi connectivity index (χ0v) is 9.91. The van der Waals surface area contributed by atoms with Gasteiger partial charge in [-0.25, -0.2) is 0 Å². The first-order valence-corrected chi connectivity index (χ1v) is 5.10. The van der Waals surface area contributed by atoms with Gasteiger partial charge in [-0.3, -0.25) is 0 Å². The maximum atomic E-state index is 5.48. The van der Waals surface area contributed by atoms with Gasteiger partial charge in [0.05, 0.1) is 0 Å². The summed E-state index contributed by atoms with van der Waals surface area (Å²) in [5.74, 6) is 0. The summed E-state index contributed by atoms with van der Waals surface area (Å²) in [6.45, 7) is 6.29. The molecule has 0 N–H and O–H groups in total. The van der Waals surface area contributed by atoms with Crippen LogP contribution in [0.1, 0.15) is 33.6 Å². The highest BCUT2D eigenvalue weighted by Gasteiger charge is 1.87. The smallest absolute Gasteiger partial charge is 0.0856 e. The molecule has 0 radical (unpaired) electrons. The highest BCUT2D eigenvalue weighted by Crippen LogP contribution is 2.10. The molecule has 0 aromatic carbocycles. The number of rotatable bonds is 4. The van der Waals surface area contributed by atoms with Gasteiger partial charge in [0.15, 0.2) is 0 Å². The van der Waals surface area contributed by atoms with Gasteiger partial charge in [0.25, 0.3) is 0 Å². The van der Waals surface area contributed by atoms with E-state index >= 15 is 0 Å². The maximum absolute atomic E-state index is 5.48. The minimum absolute atomic E-state index is 0.307. The summed E-state index contributed by atoms with van der Waals surface area (Å²) in [6, 6.07) is 0. The first kappa shape index (κ1) is 12.8. The van der Waals surface area contributed by atoms with Crippen LogP contribution in [0.3, 0.4) is 0 Å². The molecule has 0 saturated carbocycles. The van der Waals surface area contributed by atoms with Crippen LogP contribution in [0.4, 0.5) is 0 Å². The molecule has 0 spiro atoms. The van der Waals surface area contributed by atoms with Gasteiger partial charge in [-0.15, -0.1) is 0 Å². The molecule has 0 amide bonds. The van der Waals surface area contributed by atoms with E-state index in [0.717, 1.165) is 12.8 Å². The molecule has 0 aliphatic heterocycles. The second kappa shape index (κ2) is 7.23. The Labute approximate surface area is 90.9 Å². The van der Waals surface area contributed by atoms with Crippen LogP contribution in [0.15, 0.2) is 33.9 Å². The Morgan fingerprint density at radius 3 is 2.15 bits per heavy atom. The molecule has 0 aliphatic carbocycles. The Bertz CT molecular complexity index is 226. The van der Waals surface area contributed by atoms with Crippen molar-refractivity contribution >= 4 is 23.2 Å². The van der Waals surface area contributed by atoms with Crippen molar-refractivity contribution in [3.8, 4) is 0 Å². The Kier molecular flexibility index (Phi) is 7.12. The average Bonchev–Trinajstić information content (AvgIpc) is 2.00. The van der Waals surface area contributed by atoms with Crippen molar-refractivity contribution < 1.29 is 0 Å². The molecule has 0 nitrogen and oxygen atoms in total. The minimum Gasteiger partial charge on any atom is -0.0856 e. The van der Waals surface area contributed by atoms with Crippen molar-refractivity contribution in [2.24, 2.45) is 0 Å². The van der Waals surface area contributed by atoms with Crippen LogP contribution < -0.4 is 0 Å². The van der Waals surface area contributed by atoms with Crippen molar-refractivity contribution in [1.82, 2.24) is 0 Å². The fourth-order valence-corrected chi connectivity index (χ4v) is 1.00. The lowest BCUT2D eigenvalue weighted by Gasteiger charge is -1.96. The fourth-order valence-electron chi connectivity index (χ4n) is 0.877. The number of hydrogen-bond acceptors (Lipinski definition) is 0. The van der Waals surface area contributed by atoms with E-state index in [9.17, 15) is 0 Å². The third-order valence-electron chi connectivity index (χ3n) is 1.59. The van der Waals surface area contributed by atoms with E-state index < -0.39 is 0 Å². The second-order valence-electron chi connectivity index (χ2n) is 3.29. The Hall–Kier alpha value is -0.200. The Balaban J connectivity index is 3.88. The molecule has 0 rings (SSSR count). The number of allylic oxidation sites excluding steroid dienone is 5. The summed E-state index contributed by atoms with van der Waals surface area (Å²) in [5.41, 5.74) is 2.65. The first-order chi connectivity index (χ1) is 6.02. The summed E-state index contributed by atoms with van der Waals surface area (Å²) in [6.07, 6.45) is 8.03. The van der Waals surface area contributed by atoms with Gasteiger partial charge in [0, 0.05) is 0 Å². The Morgan fingerprint density at radius 1 is 1.08 bits per heavy atom. The first-order valence-electron chi connectivity index (χ1n) is 4.34. The van der Waals surface area contributed by atoms with Crippen molar-refractivity contribution in [2.75, 3.05) is 0 Å². The molecule has 0 aromatic rings. The molecule has 2 heteroatoms. The van der Waals surface area contributed by atoms with Gasteiger partial charge in [0.2, 0.25) is 0 Å². The third-order valence-corrected chi connectivity index (χ3v) is 1.84. The van der Waals surface area contributed by atoms with Gasteiger partial charge in [-0.05, 0) is 39.7 Å². The van der Waals surface area contributed by atoms with Crippen LogP contribution in [-0.4, -0.2) is 0 Å². The normalized spacial score (nSPS) is 11.0. The highest BCUT2D eigenvalue weighted by molar-refractivity contribution is 6.55. The Morgan fingerprint density at radius 2 is 1.69 bits per heavy atom. The van der Waals surface area contributed by atoms with Crippen molar-refractivity contribution in [3.63, 3.8) is 0 Å². The lowest BCUT2D eigenvalue weighted by Crippen LogP contribution is -1.75. The standard InChI is InChI=1S/C11H16Cl2/c1-9(2)5-4-6-10(3)7-8-11(12)13/h5,7-8H,4,6H2,1-3H3. The van der Waals surface area contributed by atoms with Crippen molar-refractivity contribution in [3.05, 3.63) is 33.9 Å². The van der Waals surface area contributed by atoms with E-state index in [1.54, 1.807) is 6.08 Å². The topological polar surface area (TPSA) is 0 Å². The van der Waals surface area contributed by atoms with Crippen LogP contribution in [0.25, 0.3) is 0 Å². The molecule has 0 atom stereocenters. The summed E-state index contributed by atoms with van der Waals surface area (Å²) in [4.78, 5) is 0. The zero-order valence-electron chi connectivity index (χ0n) is 8.40. The SMILES string of the molecule is CC(C)=CCCC(C)=CC=C(Cl)Cl. The molecule has 0 unspecified atom stereocenters. The minimum atomic E-state index is 0.307. The summed E-state index contributed by atoms with van der Waals surface area (Å²) in [7, 11) is 0. The second-order valence-corrected chi connectivity index (χ2v) is 4.30. The van der Waals surface area contributed by atoms with Gasteiger partial charge in [-0.2, -0.15) is 0 Å². The van der Waals surface area contributed by atoms with E-state index in [2.05, 4.69) is 26.8 Å². The molecule has 0 saturated heterocycles. The van der Waals surface area contributed by atoms with Crippen molar-refractivity contribution in [1.29, 1.82) is 0 Å². The van der Waals surface area contributed by atoms with Crippen LogP contribution in [0.2, 0.25) is 0 Å². The largest absolute Gasteiger partial charge is 0.106 e. The van der Waals surface area contributed by atoms with E-state index in [-0.39, 0.29) is 0 Å². The van der Waals surface area contributed by atoms with Gasteiger partial charge in [-0.1, -0.05) is 46.5 Å². The molecular formula is C11H16Cl2. The van der Waals surface area contributed by atoms with Gasteiger partial charge < -0.3 is 0 Å². The van der Waals surface area contributed by atoms with E-state index in [1.807, 2.05) is 6.08 Å². The summed E-state index contributed by atoms with van der Waals surface area (Å²) in [5, 5.41) is 0. The zero-order chi connectivity index (χ0) is 10.3. The summed E-state index contributed by atoms with van der Waals surface area (Å²) >= 11 is 11.0. The van der Waals surface area contributed by atoms with Crippen LogP contribution in [0.5, 0.6) is 0 Å². The molecule has 0 aromatic heterocycles. The fraction of sp³-hybridized carbons (Fsp3) is 0.455. The van der Waals surface area contributed by atoms with Crippen LogP contribution >= 0.6 is 23.2 Å². The maximum Gasteiger partial charge on any atom is 0.106 e. The van der Waals surface area contributed by atoms with Crippen LogP contribution in [-0.2, 0) is 0 Å². The lowest BCUT2D eigenvalue weighted by atomic mass is 10.1. The molecule has 0 aliphatic rings. The molecule has 0 heterocycles. The molecular weight excluding hydrogens is 203 g/mol. The number of hydrogen-bond donors (Lipinski definition) is 0. The lowest BCUT2D eigenvalue weighted by molar-refractivity contribution is 0.967. The summed E-state index contributed by atoms with van der Waals surface area (Å²) < 4.78 is 0.307. The number of halogens is 2. The van der Waals surface area contributed by atoms with E-state index in [0.29, 0.717) is 4.49 Å². The van der Waals surface area contributed by atoms with Crippen LogP contribution in [0, 0.1) is 0 Å². The highest BCUT2D eigenvalue weighted by atomic mass is 35.5. The average molecular weight is 219 g/mol. The monoisotopic (exact) mass is 218 g/mol. The molecule has 74 valence electrons. The van der Waals surface area contributed by atoms with E-state index in [1.165, 1.54) is 11.1 Å². The molecule has 0 bridgehead atoms. The predicted molar refractivity (Wildman–Crippen MR) is 62.2 cm³/mol. The third kappa shape index (κ3) is 9.72. The van der Waals surface area contributed by atoms with Gasteiger partial charge in [0.1, 0.15) is 4.49 Å². The molecule has 0 fully saturated rings. The van der Waals surface area contributed by atoms with E-state index in [4.69, 9.17) is 23.2 Å². The molecule has 13 heavy (non-hydrogen) atoms. The predicted octanol–water partition coefficient (Wildman–Crippen LogP) is 5.00.